The average Bonchev–Trinajstić information content (AvgIpc) is 2.61. The lowest BCUT2D eigenvalue weighted by Crippen LogP contribution is -2.42. The van der Waals surface area contributed by atoms with Gasteiger partial charge in [0.05, 0.1) is 18.5 Å². The first-order chi connectivity index (χ1) is 12.3. The van der Waals surface area contributed by atoms with Gasteiger partial charge in [-0.25, -0.2) is 8.42 Å². The lowest BCUT2D eigenvalue weighted by atomic mass is 10.00. The summed E-state index contributed by atoms with van der Waals surface area (Å²) in [6, 6.07) is 16.0. The van der Waals surface area contributed by atoms with E-state index in [1.54, 1.807) is 4.31 Å². The fraction of sp³-hybridized carbons (Fsp3) is 0.429. The first-order valence-corrected chi connectivity index (χ1v) is 10.7. The third kappa shape index (κ3) is 4.53. The number of sulfonamides is 1. The van der Waals surface area contributed by atoms with E-state index >= 15 is 0 Å². The molecule has 0 N–H and O–H groups in total. The molecule has 2 aromatic rings. The third-order valence-corrected chi connectivity index (χ3v) is 6.65. The summed E-state index contributed by atoms with van der Waals surface area (Å²) in [5.41, 5.74) is 4.20. The van der Waals surface area contributed by atoms with Gasteiger partial charge in [-0.3, -0.25) is 0 Å². The predicted molar refractivity (Wildman–Crippen MR) is 105 cm³/mol. The summed E-state index contributed by atoms with van der Waals surface area (Å²) >= 11 is 0. The van der Waals surface area contributed by atoms with Crippen molar-refractivity contribution in [3.05, 3.63) is 70.8 Å². The summed E-state index contributed by atoms with van der Waals surface area (Å²) in [4.78, 5) is 0. The van der Waals surface area contributed by atoms with E-state index in [9.17, 15) is 8.42 Å². The quantitative estimate of drug-likeness (QED) is 0.795. The second kappa shape index (κ2) is 7.91. The summed E-state index contributed by atoms with van der Waals surface area (Å²) in [6.07, 6.45) is -0.211. The minimum atomic E-state index is -3.36. The standard InChI is InChI=1S/C21H27NO3S/c1-16(2)19-7-9-20(10-8-19)21-14-22(11-12-25-21)26(23,24)15-18-6-4-5-17(3)13-18/h4-10,13,16,21H,11-12,14-15H2,1-3H3. The molecule has 0 aliphatic carbocycles. The van der Waals surface area contributed by atoms with Crippen molar-refractivity contribution < 1.29 is 13.2 Å². The molecule has 0 bridgehead atoms. The lowest BCUT2D eigenvalue weighted by molar-refractivity contribution is -0.00261. The summed E-state index contributed by atoms with van der Waals surface area (Å²) in [5, 5.41) is 0. The Kier molecular flexibility index (Phi) is 5.80. The Bertz CT molecular complexity index is 844. The molecule has 1 unspecified atom stereocenters. The van der Waals surface area contributed by atoms with Gasteiger partial charge in [0.25, 0.3) is 0 Å². The van der Waals surface area contributed by atoms with Gasteiger partial charge in [0.15, 0.2) is 0 Å². The van der Waals surface area contributed by atoms with Crippen molar-refractivity contribution in [3.8, 4) is 0 Å². The van der Waals surface area contributed by atoms with Gasteiger partial charge in [0, 0.05) is 13.1 Å². The van der Waals surface area contributed by atoms with Crippen LogP contribution in [0.4, 0.5) is 0 Å². The normalized spacial score (nSPS) is 19.0. The molecule has 3 rings (SSSR count). The molecular weight excluding hydrogens is 346 g/mol. The molecule has 5 heteroatoms. The molecule has 0 saturated carbocycles. The predicted octanol–water partition coefficient (Wildman–Crippen LogP) is 4.02. The van der Waals surface area contributed by atoms with Gasteiger partial charge in [0.1, 0.15) is 0 Å². The van der Waals surface area contributed by atoms with Crippen LogP contribution in [0.1, 0.15) is 48.1 Å². The maximum atomic E-state index is 12.9. The van der Waals surface area contributed by atoms with Crippen LogP contribution in [-0.4, -0.2) is 32.4 Å². The Labute approximate surface area is 156 Å². The van der Waals surface area contributed by atoms with Crippen LogP contribution in [0, 0.1) is 6.92 Å². The monoisotopic (exact) mass is 373 g/mol. The molecular formula is C21H27NO3S. The average molecular weight is 374 g/mol. The second-order valence-corrected chi connectivity index (χ2v) is 9.25. The number of morpholine rings is 1. The molecule has 1 atom stereocenters. The van der Waals surface area contributed by atoms with Gasteiger partial charge in [-0.1, -0.05) is 67.9 Å². The Hall–Kier alpha value is -1.69. The van der Waals surface area contributed by atoms with E-state index in [1.165, 1.54) is 5.56 Å². The van der Waals surface area contributed by atoms with E-state index in [1.807, 2.05) is 31.2 Å². The van der Waals surface area contributed by atoms with Gasteiger partial charge in [-0.15, -0.1) is 0 Å². The molecule has 0 spiro atoms. The molecule has 2 aromatic carbocycles. The third-order valence-electron chi connectivity index (χ3n) is 4.83. The van der Waals surface area contributed by atoms with E-state index in [0.29, 0.717) is 25.6 Å². The highest BCUT2D eigenvalue weighted by Gasteiger charge is 2.30. The van der Waals surface area contributed by atoms with Crippen LogP contribution in [0.2, 0.25) is 0 Å². The van der Waals surface area contributed by atoms with Gasteiger partial charge in [-0.2, -0.15) is 4.31 Å². The van der Waals surface area contributed by atoms with E-state index in [0.717, 1.165) is 16.7 Å². The van der Waals surface area contributed by atoms with Crippen molar-refractivity contribution in [3.63, 3.8) is 0 Å². The Morgan fingerprint density at radius 1 is 1.15 bits per heavy atom. The zero-order chi connectivity index (χ0) is 18.7. The van der Waals surface area contributed by atoms with E-state index in [2.05, 4.69) is 38.1 Å². The minimum absolute atomic E-state index is 0.0354. The molecule has 0 amide bonds. The maximum absolute atomic E-state index is 12.9. The van der Waals surface area contributed by atoms with Crippen molar-refractivity contribution >= 4 is 10.0 Å². The molecule has 1 heterocycles. The topological polar surface area (TPSA) is 46.6 Å². The molecule has 26 heavy (non-hydrogen) atoms. The molecule has 1 fully saturated rings. The zero-order valence-electron chi connectivity index (χ0n) is 15.7. The SMILES string of the molecule is Cc1cccc(CS(=O)(=O)N2CCOC(c3ccc(C(C)C)cc3)C2)c1. The fourth-order valence-corrected chi connectivity index (χ4v) is 4.78. The molecule has 1 aliphatic heterocycles. The van der Waals surface area contributed by atoms with Crippen LogP contribution < -0.4 is 0 Å². The van der Waals surface area contributed by atoms with Crippen molar-refractivity contribution in [2.24, 2.45) is 0 Å². The van der Waals surface area contributed by atoms with E-state index in [4.69, 9.17) is 4.74 Å². The lowest BCUT2D eigenvalue weighted by Gasteiger charge is -2.32. The summed E-state index contributed by atoms with van der Waals surface area (Å²) in [7, 11) is -3.36. The molecule has 0 radical (unpaired) electrons. The molecule has 4 nitrogen and oxygen atoms in total. The summed E-state index contributed by atoms with van der Waals surface area (Å²) in [6.45, 7) is 7.49. The van der Waals surface area contributed by atoms with Crippen LogP contribution in [0.25, 0.3) is 0 Å². The highest BCUT2D eigenvalue weighted by molar-refractivity contribution is 7.88. The highest BCUT2D eigenvalue weighted by Crippen LogP contribution is 2.26. The van der Waals surface area contributed by atoms with Crippen molar-refractivity contribution in [1.82, 2.24) is 4.31 Å². The van der Waals surface area contributed by atoms with Crippen molar-refractivity contribution in [2.75, 3.05) is 19.7 Å². The molecule has 1 aliphatic rings. The van der Waals surface area contributed by atoms with Gasteiger partial charge in [0.2, 0.25) is 10.0 Å². The zero-order valence-corrected chi connectivity index (χ0v) is 16.5. The molecule has 1 saturated heterocycles. The number of hydrogen-bond acceptors (Lipinski definition) is 3. The highest BCUT2D eigenvalue weighted by atomic mass is 32.2. The van der Waals surface area contributed by atoms with Gasteiger partial charge in [-0.05, 0) is 29.5 Å². The minimum Gasteiger partial charge on any atom is -0.371 e. The summed E-state index contributed by atoms with van der Waals surface area (Å²) in [5.74, 6) is 0.510. The first-order valence-electron chi connectivity index (χ1n) is 9.10. The maximum Gasteiger partial charge on any atom is 0.218 e. The van der Waals surface area contributed by atoms with E-state index in [-0.39, 0.29) is 11.9 Å². The first kappa shape index (κ1) is 19.1. The number of ether oxygens (including phenoxy) is 1. The number of aryl methyl sites for hydroxylation is 1. The van der Waals surface area contributed by atoms with Crippen molar-refractivity contribution in [1.29, 1.82) is 0 Å². The second-order valence-electron chi connectivity index (χ2n) is 7.28. The Balaban J connectivity index is 1.72. The largest absolute Gasteiger partial charge is 0.371 e. The van der Waals surface area contributed by atoms with Gasteiger partial charge >= 0.3 is 0 Å². The fourth-order valence-electron chi connectivity index (χ4n) is 3.28. The summed E-state index contributed by atoms with van der Waals surface area (Å²) < 4.78 is 33.1. The van der Waals surface area contributed by atoms with Crippen LogP contribution in [0.3, 0.4) is 0 Å². The number of hydrogen-bond donors (Lipinski definition) is 0. The Morgan fingerprint density at radius 2 is 1.88 bits per heavy atom. The molecule has 0 aromatic heterocycles. The number of nitrogens with zero attached hydrogens (tertiary/aromatic N) is 1. The Morgan fingerprint density at radius 3 is 2.54 bits per heavy atom. The number of benzene rings is 2. The van der Waals surface area contributed by atoms with Crippen LogP contribution in [0.5, 0.6) is 0 Å². The van der Waals surface area contributed by atoms with E-state index < -0.39 is 10.0 Å². The number of rotatable bonds is 5. The van der Waals surface area contributed by atoms with Crippen LogP contribution in [0.15, 0.2) is 48.5 Å². The molecule has 140 valence electrons. The van der Waals surface area contributed by atoms with Crippen molar-refractivity contribution in [2.45, 2.75) is 38.5 Å². The van der Waals surface area contributed by atoms with Crippen LogP contribution in [-0.2, 0) is 20.5 Å². The smallest absolute Gasteiger partial charge is 0.218 e. The van der Waals surface area contributed by atoms with Crippen LogP contribution >= 0.6 is 0 Å². The van der Waals surface area contributed by atoms with Gasteiger partial charge < -0.3 is 4.74 Å².